The first kappa shape index (κ1) is 17.8. The maximum atomic E-state index is 6.21. The molecule has 0 aromatic carbocycles. The van der Waals surface area contributed by atoms with Crippen molar-refractivity contribution in [1.29, 1.82) is 0 Å². The number of ether oxygens (including phenoxy) is 1. The molecular weight excluding hydrogens is 280 g/mol. The summed E-state index contributed by atoms with van der Waals surface area (Å²) in [4.78, 5) is 0. The minimum Gasteiger partial charge on any atom is -0.493 e. The zero-order chi connectivity index (χ0) is 16.7. The summed E-state index contributed by atoms with van der Waals surface area (Å²) in [5, 5.41) is 0. The largest absolute Gasteiger partial charge is 0.493 e. The van der Waals surface area contributed by atoms with Crippen molar-refractivity contribution in [2.45, 2.75) is 72.1 Å². The Morgan fingerprint density at radius 2 is 1.74 bits per heavy atom. The third-order valence-electron chi connectivity index (χ3n) is 4.51. The molecule has 0 heterocycles. The highest BCUT2D eigenvalue weighted by molar-refractivity contribution is 5.77. The highest BCUT2D eigenvalue weighted by Gasteiger charge is 2.15. The molecule has 0 radical (unpaired) electrons. The van der Waals surface area contributed by atoms with Crippen LogP contribution in [-0.2, 0) is 6.42 Å². The number of hydrogen-bond acceptors (Lipinski definition) is 1. The van der Waals surface area contributed by atoms with Gasteiger partial charge >= 0.3 is 0 Å². The third kappa shape index (κ3) is 4.73. The van der Waals surface area contributed by atoms with Gasteiger partial charge in [-0.25, -0.2) is 0 Å². The SMILES string of the molecule is CCCCCCOc1ccc(C(C)C)cc2ccc(CCC)c1-2. The van der Waals surface area contributed by atoms with Gasteiger partial charge in [0.2, 0.25) is 0 Å². The lowest BCUT2D eigenvalue weighted by atomic mass is 10.0. The van der Waals surface area contributed by atoms with Gasteiger partial charge in [-0.3, -0.25) is 0 Å². The Morgan fingerprint density at radius 3 is 2.43 bits per heavy atom. The molecule has 0 bridgehead atoms. The van der Waals surface area contributed by atoms with Crippen LogP contribution in [0.1, 0.15) is 76.8 Å². The lowest BCUT2D eigenvalue weighted by Gasteiger charge is -2.10. The van der Waals surface area contributed by atoms with E-state index in [-0.39, 0.29) is 0 Å². The van der Waals surface area contributed by atoms with E-state index in [0.717, 1.165) is 25.2 Å². The molecule has 0 N–H and O–H groups in total. The minimum absolute atomic E-state index is 0.535. The molecule has 2 rings (SSSR count). The first-order chi connectivity index (χ1) is 11.2. The minimum atomic E-state index is 0.535. The second-order valence-corrected chi connectivity index (χ2v) is 6.84. The lowest BCUT2D eigenvalue weighted by Crippen LogP contribution is -1.98. The van der Waals surface area contributed by atoms with Gasteiger partial charge in [-0.05, 0) is 41.5 Å². The quantitative estimate of drug-likeness (QED) is 0.461. The Hall–Kier alpha value is -1.50. The van der Waals surface area contributed by atoms with Crippen molar-refractivity contribution >= 4 is 0 Å². The van der Waals surface area contributed by atoms with Gasteiger partial charge in [0, 0.05) is 5.56 Å². The molecule has 0 amide bonds. The fourth-order valence-electron chi connectivity index (χ4n) is 3.11. The third-order valence-corrected chi connectivity index (χ3v) is 4.51. The molecule has 0 spiro atoms. The van der Waals surface area contributed by atoms with E-state index < -0.39 is 0 Å². The van der Waals surface area contributed by atoms with Crippen molar-refractivity contribution in [3.8, 4) is 16.9 Å². The van der Waals surface area contributed by atoms with E-state index in [2.05, 4.69) is 58.0 Å². The first-order valence-corrected chi connectivity index (χ1v) is 9.35. The van der Waals surface area contributed by atoms with Crippen LogP contribution in [0.3, 0.4) is 0 Å². The predicted octanol–water partition coefficient (Wildman–Crippen LogP) is 6.83. The summed E-state index contributed by atoms with van der Waals surface area (Å²) >= 11 is 0. The second-order valence-electron chi connectivity index (χ2n) is 6.84. The molecule has 1 nitrogen and oxygen atoms in total. The average Bonchev–Trinajstić information content (AvgIpc) is 2.81. The molecular formula is C22H32O. The normalized spacial score (nSPS) is 11.3. The van der Waals surface area contributed by atoms with Gasteiger partial charge < -0.3 is 4.74 Å². The van der Waals surface area contributed by atoms with Gasteiger partial charge in [0.15, 0.2) is 0 Å². The van der Waals surface area contributed by atoms with E-state index in [0.29, 0.717) is 5.92 Å². The van der Waals surface area contributed by atoms with Gasteiger partial charge in [-0.2, -0.15) is 0 Å². The average molecular weight is 312 g/mol. The van der Waals surface area contributed by atoms with E-state index in [4.69, 9.17) is 4.74 Å². The molecule has 0 aliphatic heterocycles. The molecule has 0 fully saturated rings. The van der Waals surface area contributed by atoms with Gasteiger partial charge in [0.1, 0.15) is 5.75 Å². The number of unbranched alkanes of at least 4 members (excludes halogenated alkanes) is 3. The number of aryl methyl sites for hydroxylation is 1. The van der Waals surface area contributed by atoms with Crippen LogP contribution < -0.4 is 4.74 Å². The summed E-state index contributed by atoms with van der Waals surface area (Å²) in [6.07, 6.45) is 7.27. The lowest BCUT2D eigenvalue weighted by molar-refractivity contribution is 0.306. The van der Waals surface area contributed by atoms with Crippen LogP contribution in [0.4, 0.5) is 0 Å². The summed E-state index contributed by atoms with van der Waals surface area (Å²) in [5.41, 5.74) is 5.46. The standard InChI is InChI=1S/C22H32O/c1-5-7-8-9-15-23-21-14-13-19(17(3)4)16-20-12-11-18(10-6-2)22(20)21/h11-14,16-17H,5-10,15H2,1-4H3. The van der Waals surface area contributed by atoms with E-state index in [1.807, 2.05) is 0 Å². The smallest absolute Gasteiger partial charge is 0.127 e. The number of rotatable bonds is 9. The zero-order valence-electron chi connectivity index (χ0n) is 15.3. The summed E-state index contributed by atoms with van der Waals surface area (Å²) in [6, 6.07) is 11.3. The Kier molecular flexibility index (Phi) is 6.95. The van der Waals surface area contributed by atoms with Crippen molar-refractivity contribution in [2.75, 3.05) is 6.61 Å². The van der Waals surface area contributed by atoms with Crippen LogP contribution in [0.5, 0.6) is 5.75 Å². The highest BCUT2D eigenvalue weighted by Crippen LogP contribution is 2.38. The molecule has 1 heteroatoms. The Labute approximate surface area is 142 Å². The van der Waals surface area contributed by atoms with Crippen LogP contribution in [0, 0.1) is 0 Å². The highest BCUT2D eigenvalue weighted by atomic mass is 16.5. The maximum Gasteiger partial charge on any atom is 0.127 e. The van der Waals surface area contributed by atoms with Crippen molar-refractivity contribution < 1.29 is 4.74 Å². The summed E-state index contributed by atoms with van der Waals surface area (Å²) in [6.45, 7) is 9.82. The van der Waals surface area contributed by atoms with Crippen LogP contribution in [-0.4, -0.2) is 6.61 Å². The van der Waals surface area contributed by atoms with Crippen molar-refractivity contribution in [1.82, 2.24) is 0 Å². The second kappa shape index (κ2) is 8.96. The summed E-state index contributed by atoms with van der Waals surface area (Å²) < 4.78 is 6.21. The van der Waals surface area contributed by atoms with Crippen LogP contribution >= 0.6 is 0 Å². The zero-order valence-corrected chi connectivity index (χ0v) is 15.3. The Bertz CT molecular complexity index is 571. The Balaban J connectivity index is 2.27. The monoisotopic (exact) mass is 312 g/mol. The van der Waals surface area contributed by atoms with Crippen molar-refractivity contribution in [3.63, 3.8) is 0 Å². The number of hydrogen-bond donors (Lipinski definition) is 0. The summed E-state index contributed by atoms with van der Waals surface area (Å²) in [5.74, 6) is 1.60. The topological polar surface area (TPSA) is 9.23 Å². The van der Waals surface area contributed by atoms with Crippen LogP contribution in [0.15, 0.2) is 30.3 Å². The number of fused-ring (bicyclic) bond motifs is 1. The molecule has 0 aromatic rings. The van der Waals surface area contributed by atoms with Crippen LogP contribution in [0.25, 0.3) is 11.1 Å². The van der Waals surface area contributed by atoms with E-state index in [1.165, 1.54) is 47.9 Å². The maximum absolute atomic E-state index is 6.21. The fourth-order valence-corrected chi connectivity index (χ4v) is 3.11. The molecule has 0 atom stereocenters. The van der Waals surface area contributed by atoms with E-state index in [1.54, 1.807) is 0 Å². The molecule has 2 aliphatic rings. The van der Waals surface area contributed by atoms with Gasteiger partial charge in [-0.15, -0.1) is 0 Å². The first-order valence-electron chi connectivity index (χ1n) is 9.35. The van der Waals surface area contributed by atoms with Gasteiger partial charge in [0.25, 0.3) is 0 Å². The fraction of sp³-hybridized carbons (Fsp3) is 0.545. The molecule has 0 saturated heterocycles. The molecule has 0 unspecified atom stereocenters. The van der Waals surface area contributed by atoms with E-state index >= 15 is 0 Å². The van der Waals surface area contributed by atoms with Gasteiger partial charge in [0.05, 0.1) is 6.61 Å². The van der Waals surface area contributed by atoms with E-state index in [9.17, 15) is 0 Å². The molecule has 0 saturated carbocycles. The molecule has 23 heavy (non-hydrogen) atoms. The summed E-state index contributed by atoms with van der Waals surface area (Å²) in [7, 11) is 0. The molecule has 126 valence electrons. The van der Waals surface area contributed by atoms with Crippen molar-refractivity contribution in [2.24, 2.45) is 0 Å². The molecule has 0 aromatic heterocycles. The Morgan fingerprint density at radius 1 is 0.913 bits per heavy atom. The van der Waals surface area contributed by atoms with Crippen LogP contribution in [0.2, 0.25) is 0 Å². The molecule has 2 aliphatic carbocycles. The predicted molar refractivity (Wildman–Crippen MR) is 101 cm³/mol. The van der Waals surface area contributed by atoms with Crippen molar-refractivity contribution in [3.05, 3.63) is 41.5 Å². The van der Waals surface area contributed by atoms with Gasteiger partial charge in [-0.1, -0.05) is 77.6 Å².